The molecule has 2 aliphatic rings. The zero-order chi connectivity index (χ0) is 22.0. The summed E-state index contributed by atoms with van der Waals surface area (Å²) >= 11 is 0. The number of aryl methyl sites for hydroxylation is 1. The minimum absolute atomic E-state index is 0.0320. The average Bonchev–Trinajstić information content (AvgIpc) is 3.11. The lowest BCUT2D eigenvalue weighted by atomic mass is 10.1. The van der Waals surface area contributed by atoms with Gasteiger partial charge in [0.05, 0.1) is 17.1 Å². The van der Waals surface area contributed by atoms with Crippen LogP contribution in [0, 0.1) is 6.92 Å². The molecule has 2 amide bonds. The fourth-order valence-corrected chi connectivity index (χ4v) is 4.84. The molecule has 0 radical (unpaired) electrons. The lowest BCUT2D eigenvalue weighted by molar-refractivity contribution is -0.121. The summed E-state index contributed by atoms with van der Waals surface area (Å²) in [6, 6.07) is 7.61. The van der Waals surface area contributed by atoms with E-state index in [1.54, 1.807) is 0 Å². The van der Waals surface area contributed by atoms with Crippen molar-refractivity contribution in [3.05, 3.63) is 41.9 Å². The zero-order valence-electron chi connectivity index (χ0n) is 17.4. The first-order valence-corrected chi connectivity index (χ1v) is 11.9. The first-order chi connectivity index (χ1) is 14.8. The van der Waals surface area contributed by atoms with Crippen molar-refractivity contribution in [3.8, 4) is 0 Å². The Morgan fingerprint density at radius 2 is 1.61 bits per heavy atom. The summed E-state index contributed by atoms with van der Waals surface area (Å²) in [4.78, 5) is 35.9. The zero-order valence-corrected chi connectivity index (χ0v) is 18.2. The predicted molar refractivity (Wildman–Crippen MR) is 115 cm³/mol. The van der Waals surface area contributed by atoms with E-state index < -0.39 is 10.0 Å². The van der Waals surface area contributed by atoms with Crippen LogP contribution in [0.15, 0.2) is 35.2 Å². The van der Waals surface area contributed by atoms with Crippen LogP contribution in [0.1, 0.15) is 43.6 Å². The summed E-state index contributed by atoms with van der Waals surface area (Å²) in [6.45, 7) is 3.72. The Bertz CT molecular complexity index is 1080. The molecule has 3 heterocycles. The summed E-state index contributed by atoms with van der Waals surface area (Å²) in [5.74, 6) is 0.680. The Morgan fingerprint density at radius 1 is 0.968 bits per heavy atom. The molecule has 0 spiro atoms. The van der Waals surface area contributed by atoms with E-state index in [2.05, 4.69) is 19.6 Å². The molecule has 164 valence electrons. The molecular formula is C21H25N5O4S. The normalized spacial score (nSPS) is 17.5. The number of hydrogen-bond acceptors (Lipinski definition) is 7. The summed E-state index contributed by atoms with van der Waals surface area (Å²) in [7, 11) is -3.81. The molecule has 1 aromatic heterocycles. The lowest BCUT2D eigenvalue weighted by Crippen LogP contribution is -2.31. The number of sulfonamides is 1. The number of benzene rings is 1. The Labute approximate surface area is 181 Å². The van der Waals surface area contributed by atoms with Crippen molar-refractivity contribution < 1.29 is 18.0 Å². The van der Waals surface area contributed by atoms with Gasteiger partial charge in [-0.25, -0.2) is 23.1 Å². The monoisotopic (exact) mass is 443 g/mol. The number of hydrogen-bond donors (Lipinski definition) is 1. The van der Waals surface area contributed by atoms with Crippen LogP contribution in [-0.4, -0.2) is 43.3 Å². The van der Waals surface area contributed by atoms with Crippen molar-refractivity contribution in [3.63, 3.8) is 0 Å². The van der Waals surface area contributed by atoms with Gasteiger partial charge in [-0.1, -0.05) is 0 Å². The van der Waals surface area contributed by atoms with Crippen LogP contribution in [0.2, 0.25) is 0 Å². The molecule has 0 aliphatic carbocycles. The molecule has 0 bridgehead atoms. The number of nitrogens with zero attached hydrogens (tertiary/aromatic N) is 4. The van der Waals surface area contributed by atoms with E-state index in [0.29, 0.717) is 11.5 Å². The molecule has 1 aromatic carbocycles. The first kappa shape index (κ1) is 21.4. The highest BCUT2D eigenvalue weighted by Gasteiger charge is 2.30. The van der Waals surface area contributed by atoms with Crippen LogP contribution >= 0.6 is 0 Å². The largest absolute Gasteiger partial charge is 0.357 e. The van der Waals surface area contributed by atoms with Crippen LogP contribution in [0.4, 0.5) is 11.5 Å². The Hall–Kier alpha value is -2.85. The van der Waals surface area contributed by atoms with Crippen molar-refractivity contribution in [1.29, 1.82) is 0 Å². The number of aromatic nitrogens is 2. The molecule has 0 saturated carbocycles. The molecule has 9 nitrogen and oxygen atoms in total. The second-order valence-corrected chi connectivity index (χ2v) is 9.54. The van der Waals surface area contributed by atoms with Gasteiger partial charge in [-0.15, -0.1) is 0 Å². The number of rotatable bonds is 6. The van der Waals surface area contributed by atoms with Gasteiger partial charge in [-0.2, -0.15) is 0 Å². The molecule has 2 saturated heterocycles. The smallest absolute Gasteiger partial charge is 0.240 e. The van der Waals surface area contributed by atoms with E-state index in [0.717, 1.165) is 42.3 Å². The number of piperidine rings is 1. The van der Waals surface area contributed by atoms with Crippen LogP contribution in [0.25, 0.3) is 0 Å². The third kappa shape index (κ3) is 4.75. The van der Waals surface area contributed by atoms with Gasteiger partial charge in [0.25, 0.3) is 0 Å². The third-order valence-corrected chi connectivity index (χ3v) is 6.86. The highest BCUT2D eigenvalue weighted by atomic mass is 32.2. The molecule has 0 atom stereocenters. The highest BCUT2D eigenvalue weighted by Crippen LogP contribution is 2.24. The fraction of sp³-hybridized carbons (Fsp3) is 0.429. The second-order valence-electron chi connectivity index (χ2n) is 7.77. The maximum Gasteiger partial charge on any atom is 0.240 e. The summed E-state index contributed by atoms with van der Waals surface area (Å²) < 4.78 is 28.0. The van der Waals surface area contributed by atoms with Crippen LogP contribution in [-0.2, 0) is 26.2 Å². The van der Waals surface area contributed by atoms with Gasteiger partial charge >= 0.3 is 0 Å². The molecule has 1 N–H and O–H groups in total. The fourth-order valence-electron chi connectivity index (χ4n) is 3.86. The average molecular weight is 444 g/mol. The molecule has 2 aliphatic heterocycles. The number of carbonyl (C=O) groups excluding carboxylic acids is 2. The van der Waals surface area contributed by atoms with Gasteiger partial charge in [0.1, 0.15) is 11.6 Å². The van der Waals surface area contributed by atoms with E-state index >= 15 is 0 Å². The van der Waals surface area contributed by atoms with E-state index in [1.807, 2.05) is 13.0 Å². The topological polar surface area (TPSA) is 113 Å². The highest BCUT2D eigenvalue weighted by molar-refractivity contribution is 7.89. The SMILES string of the molecule is Cc1cc(N2CCCCC2)nc(CNS(=O)(=O)c2ccc(N3C(=O)CCC3=O)cc2)n1. The lowest BCUT2D eigenvalue weighted by Gasteiger charge is -2.28. The maximum absolute atomic E-state index is 12.7. The quantitative estimate of drug-likeness (QED) is 0.679. The first-order valence-electron chi connectivity index (χ1n) is 10.4. The third-order valence-electron chi connectivity index (χ3n) is 5.44. The van der Waals surface area contributed by atoms with E-state index in [4.69, 9.17) is 0 Å². The van der Waals surface area contributed by atoms with Crippen molar-refractivity contribution in [2.45, 2.75) is 50.5 Å². The predicted octanol–water partition coefficient (Wildman–Crippen LogP) is 1.91. The van der Waals surface area contributed by atoms with Crippen molar-refractivity contribution >= 4 is 33.3 Å². The number of amides is 2. The molecule has 2 aromatic rings. The number of anilines is 2. The van der Waals surface area contributed by atoms with Gasteiger partial charge < -0.3 is 4.90 Å². The summed E-state index contributed by atoms with van der Waals surface area (Å²) in [6.07, 6.45) is 3.81. The van der Waals surface area contributed by atoms with Gasteiger partial charge in [-0.3, -0.25) is 14.5 Å². The van der Waals surface area contributed by atoms with Crippen LogP contribution in [0.5, 0.6) is 0 Å². The minimum Gasteiger partial charge on any atom is -0.357 e. The Kier molecular flexibility index (Phi) is 6.01. The van der Waals surface area contributed by atoms with Crippen LogP contribution < -0.4 is 14.5 Å². The standard InChI is InChI=1S/C21H25N5O4S/c1-15-13-19(25-11-3-2-4-12-25)24-18(23-15)14-22-31(29,30)17-7-5-16(6-8-17)26-20(27)9-10-21(26)28/h5-8,13,22H,2-4,9-12,14H2,1H3. The molecule has 2 fully saturated rings. The second kappa shape index (κ2) is 8.72. The van der Waals surface area contributed by atoms with E-state index in [9.17, 15) is 18.0 Å². The number of carbonyl (C=O) groups is 2. The molecular weight excluding hydrogens is 418 g/mol. The van der Waals surface area contributed by atoms with Gasteiger partial charge in [0.2, 0.25) is 21.8 Å². The van der Waals surface area contributed by atoms with Gasteiger partial charge in [-0.05, 0) is 50.5 Å². The van der Waals surface area contributed by atoms with E-state index in [1.165, 1.54) is 30.7 Å². The van der Waals surface area contributed by atoms with Crippen molar-refractivity contribution in [2.75, 3.05) is 22.9 Å². The Morgan fingerprint density at radius 3 is 2.26 bits per heavy atom. The Balaban J connectivity index is 1.46. The summed E-state index contributed by atoms with van der Waals surface area (Å²) in [5, 5.41) is 0. The molecule has 10 heteroatoms. The molecule has 4 rings (SSSR count). The molecule has 31 heavy (non-hydrogen) atoms. The van der Waals surface area contributed by atoms with Gasteiger partial charge in [0.15, 0.2) is 0 Å². The minimum atomic E-state index is -3.81. The van der Waals surface area contributed by atoms with Crippen molar-refractivity contribution in [2.24, 2.45) is 0 Å². The van der Waals surface area contributed by atoms with Crippen molar-refractivity contribution in [1.82, 2.24) is 14.7 Å². The molecule has 0 unspecified atom stereocenters. The number of imide groups is 1. The number of nitrogens with one attached hydrogen (secondary N) is 1. The maximum atomic E-state index is 12.7. The van der Waals surface area contributed by atoms with E-state index in [-0.39, 0.29) is 36.1 Å². The van der Waals surface area contributed by atoms with Crippen LogP contribution in [0.3, 0.4) is 0 Å². The van der Waals surface area contributed by atoms with Gasteiger partial charge in [0, 0.05) is 37.7 Å². The summed E-state index contributed by atoms with van der Waals surface area (Å²) in [5.41, 5.74) is 1.16.